The van der Waals surface area contributed by atoms with Crippen LogP contribution in [0.3, 0.4) is 0 Å². The average Bonchev–Trinajstić information content (AvgIpc) is 2.39. The van der Waals surface area contributed by atoms with Crippen molar-refractivity contribution in [3.05, 3.63) is 48.6 Å². The fourth-order valence-electron chi connectivity index (χ4n) is 1.82. The van der Waals surface area contributed by atoms with E-state index in [-0.39, 0.29) is 13.0 Å². The highest BCUT2D eigenvalue weighted by atomic mass is 16.5. The number of nitriles is 1. The van der Waals surface area contributed by atoms with Crippen molar-refractivity contribution in [2.75, 3.05) is 6.61 Å². The van der Waals surface area contributed by atoms with Crippen molar-refractivity contribution in [1.29, 1.82) is 5.26 Å². The first kappa shape index (κ1) is 14.0. The number of hydrogen-bond donors (Lipinski definition) is 0. The fraction of sp³-hybridized carbons (Fsp3) is 0.333. The number of carbonyl (C=O) groups is 1. The maximum Gasteiger partial charge on any atom is 0.327 e. The Morgan fingerprint density at radius 2 is 2.17 bits per heavy atom. The second-order valence-electron chi connectivity index (χ2n) is 4.07. The van der Waals surface area contributed by atoms with Crippen LogP contribution >= 0.6 is 0 Å². The molecule has 1 unspecified atom stereocenters. The molecule has 3 heteroatoms. The smallest absolute Gasteiger partial charge is 0.327 e. The van der Waals surface area contributed by atoms with Gasteiger partial charge in [-0.15, -0.1) is 6.58 Å². The predicted octanol–water partition coefficient (Wildman–Crippen LogP) is 2.88. The molecule has 0 spiro atoms. The second-order valence-corrected chi connectivity index (χ2v) is 4.07. The summed E-state index contributed by atoms with van der Waals surface area (Å²) < 4.78 is 5.01. The summed E-state index contributed by atoms with van der Waals surface area (Å²) in [5.41, 5.74) is -0.229. The van der Waals surface area contributed by atoms with Gasteiger partial charge in [0.2, 0.25) is 0 Å². The Labute approximate surface area is 108 Å². The molecule has 0 amide bonds. The molecule has 0 aliphatic rings. The molecule has 1 atom stereocenters. The highest BCUT2D eigenvalue weighted by molar-refractivity contribution is 5.80. The van der Waals surface area contributed by atoms with Gasteiger partial charge in [-0.25, -0.2) is 0 Å². The summed E-state index contributed by atoms with van der Waals surface area (Å²) in [7, 11) is 0. The molecule has 1 aromatic rings. The molecule has 0 saturated heterocycles. The zero-order chi connectivity index (χ0) is 13.4. The summed E-state index contributed by atoms with van der Waals surface area (Å²) in [5, 5.41) is 9.37. The molecule has 94 valence electrons. The molecular formula is C15H17NO2. The minimum absolute atomic E-state index is 0.272. The second kappa shape index (κ2) is 6.61. The van der Waals surface area contributed by atoms with E-state index in [0.717, 1.165) is 5.56 Å². The van der Waals surface area contributed by atoms with Crippen molar-refractivity contribution in [3.8, 4) is 6.07 Å². The zero-order valence-corrected chi connectivity index (χ0v) is 10.6. The van der Waals surface area contributed by atoms with Crippen LogP contribution in [0.4, 0.5) is 0 Å². The largest absolute Gasteiger partial charge is 0.465 e. The van der Waals surface area contributed by atoms with Gasteiger partial charge in [-0.1, -0.05) is 36.4 Å². The fourth-order valence-corrected chi connectivity index (χ4v) is 1.82. The maximum atomic E-state index is 12.0. The minimum Gasteiger partial charge on any atom is -0.465 e. The number of hydrogen-bond acceptors (Lipinski definition) is 3. The third kappa shape index (κ3) is 3.21. The van der Waals surface area contributed by atoms with E-state index in [4.69, 9.17) is 4.74 Å². The lowest BCUT2D eigenvalue weighted by atomic mass is 9.80. The van der Waals surface area contributed by atoms with Gasteiger partial charge < -0.3 is 4.74 Å². The SMILES string of the molecule is C=CCC(C#N)(Cc1ccccc1)C(=O)OCC. The van der Waals surface area contributed by atoms with Crippen LogP contribution in [0, 0.1) is 16.7 Å². The lowest BCUT2D eigenvalue weighted by Gasteiger charge is -2.23. The Bertz CT molecular complexity index is 447. The van der Waals surface area contributed by atoms with Crippen LogP contribution in [0.15, 0.2) is 43.0 Å². The van der Waals surface area contributed by atoms with Gasteiger partial charge in [-0.3, -0.25) is 4.79 Å². The van der Waals surface area contributed by atoms with Crippen LogP contribution in [0.25, 0.3) is 0 Å². The molecule has 1 rings (SSSR count). The Morgan fingerprint density at radius 3 is 2.67 bits per heavy atom. The third-order valence-electron chi connectivity index (χ3n) is 2.72. The normalized spacial score (nSPS) is 13.1. The van der Waals surface area contributed by atoms with Crippen LogP contribution in [0.1, 0.15) is 18.9 Å². The Kier molecular flexibility index (Phi) is 5.13. The number of rotatable bonds is 6. The monoisotopic (exact) mass is 243 g/mol. The summed E-state index contributed by atoms with van der Waals surface area (Å²) >= 11 is 0. The number of carbonyl (C=O) groups excluding carboxylic acids is 1. The summed E-state index contributed by atoms with van der Waals surface area (Å²) in [4.78, 5) is 12.0. The molecule has 0 aliphatic carbocycles. The van der Waals surface area contributed by atoms with Crippen molar-refractivity contribution >= 4 is 5.97 Å². The Balaban J connectivity index is 3.01. The van der Waals surface area contributed by atoms with E-state index in [1.807, 2.05) is 30.3 Å². The lowest BCUT2D eigenvalue weighted by Crippen LogP contribution is -2.33. The standard InChI is InChI=1S/C15H17NO2/c1-3-10-15(12-16,14(17)18-4-2)11-13-8-6-5-7-9-13/h3,5-9H,1,4,10-11H2,2H3. The molecular weight excluding hydrogens is 226 g/mol. The van der Waals surface area contributed by atoms with Crippen LogP contribution in [-0.2, 0) is 16.0 Å². The van der Waals surface area contributed by atoms with E-state index in [0.29, 0.717) is 6.42 Å². The van der Waals surface area contributed by atoms with Gasteiger partial charge in [0, 0.05) is 6.42 Å². The number of allylic oxidation sites excluding steroid dienone is 1. The number of ether oxygens (including phenoxy) is 1. The van der Waals surface area contributed by atoms with Gasteiger partial charge in [0.25, 0.3) is 0 Å². The summed E-state index contributed by atoms with van der Waals surface area (Å²) in [6, 6.07) is 11.6. The van der Waals surface area contributed by atoms with Gasteiger partial charge in [0.1, 0.15) is 0 Å². The molecule has 3 nitrogen and oxygen atoms in total. The first-order valence-electron chi connectivity index (χ1n) is 5.92. The van der Waals surface area contributed by atoms with Crippen molar-refractivity contribution in [1.82, 2.24) is 0 Å². The molecule has 0 aliphatic heterocycles. The zero-order valence-electron chi connectivity index (χ0n) is 10.6. The summed E-state index contributed by atoms with van der Waals surface area (Å²) in [5.74, 6) is -0.476. The molecule has 18 heavy (non-hydrogen) atoms. The van der Waals surface area contributed by atoms with Crippen LogP contribution < -0.4 is 0 Å². The van der Waals surface area contributed by atoms with E-state index in [9.17, 15) is 10.1 Å². The van der Waals surface area contributed by atoms with E-state index < -0.39 is 11.4 Å². The van der Waals surface area contributed by atoms with Crippen molar-refractivity contribution in [3.63, 3.8) is 0 Å². The predicted molar refractivity (Wildman–Crippen MR) is 69.6 cm³/mol. The molecule has 0 heterocycles. The van der Waals surface area contributed by atoms with Gasteiger partial charge in [-0.05, 0) is 18.9 Å². The number of benzene rings is 1. The van der Waals surface area contributed by atoms with Crippen LogP contribution in [0.5, 0.6) is 0 Å². The van der Waals surface area contributed by atoms with Gasteiger partial charge in [-0.2, -0.15) is 5.26 Å². The summed E-state index contributed by atoms with van der Waals surface area (Å²) in [6.07, 6.45) is 2.22. The maximum absolute atomic E-state index is 12.0. The third-order valence-corrected chi connectivity index (χ3v) is 2.72. The van der Waals surface area contributed by atoms with Crippen LogP contribution in [0.2, 0.25) is 0 Å². The molecule has 1 aromatic carbocycles. The Morgan fingerprint density at radius 1 is 1.50 bits per heavy atom. The molecule has 0 aromatic heterocycles. The average molecular weight is 243 g/mol. The minimum atomic E-state index is -1.17. The quantitative estimate of drug-likeness (QED) is 0.570. The van der Waals surface area contributed by atoms with Gasteiger partial charge in [0.15, 0.2) is 5.41 Å². The van der Waals surface area contributed by atoms with E-state index in [1.165, 1.54) is 0 Å². The highest BCUT2D eigenvalue weighted by Gasteiger charge is 2.39. The van der Waals surface area contributed by atoms with E-state index in [1.54, 1.807) is 13.0 Å². The van der Waals surface area contributed by atoms with Crippen molar-refractivity contribution in [2.45, 2.75) is 19.8 Å². The van der Waals surface area contributed by atoms with Crippen molar-refractivity contribution in [2.24, 2.45) is 5.41 Å². The number of nitrogens with zero attached hydrogens (tertiary/aromatic N) is 1. The topological polar surface area (TPSA) is 50.1 Å². The molecule has 0 radical (unpaired) electrons. The van der Waals surface area contributed by atoms with Crippen LogP contribution in [-0.4, -0.2) is 12.6 Å². The highest BCUT2D eigenvalue weighted by Crippen LogP contribution is 2.29. The molecule has 0 saturated carbocycles. The van der Waals surface area contributed by atoms with E-state index in [2.05, 4.69) is 12.6 Å². The van der Waals surface area contributed by atoms with E-state index >= 15 is 0 Å². The molecule has 0 bridgehead atoms. The van der Waals surface area contributed by atoms with Crippen molar-refractivity contribution < 1.29 is 9.53 Å². The summed E-state index contributed by atoms with van der Waals surface area (Å²) in [6.45, 7) is 5.62. The van der Waals surface area contributed by atoms with Gasteiger partial charge in [0.05, 0.1) is 12.7 Å². The van der Waals surface area contributed by atoms with Gasteiger partial charge >= 0.3 is 5.97 Å². The molecule has 0 N–H and O–H groups in total. The first-order valence-corrected chi connectivity index (χ1v) is 5.92. The Hall–Kier alpha value is -2.08. The first-order chi connectivity index (χ1) is 8.68. The molecule has 0 fully saturated rings. The lowest BCUT2D eigenvalue weighted by molar-refractivity contribution is -0.151. The number of esters is 1.